The number of hydrogen-bond donors (Lipinski definition) is 2. The molecule has 1 aliphatic rings. The quantitative estimate of drug-likeness (QED) is 0.386. The maximum Gasteiger partial charge on any atom is 0.191 e. The first kappa shape index (κ1) is 21.4. The van der Waals surface area contributed by atoms with Gasteiger partial charge >= 0.3 is 0 Å². The predicted octanol–water partition coefficient (Wildman–Crippen LogP) is 3.57. The summed E-state index contributed by atoms with van der Waals surface area (Å²) in [7, 11) is 1.74. The number of halogens is 3. The molecule has 3 rings (SSSR count). The van der Waals surface area contributed by atoms with Crippen molar-refractivity contribution in [1.29, 1.82) is 0 Å². The van der Waals surface area contributed by atoms with Gasteiger partial charge in [0, 0.05) is 38.8 Å². The molecule has 1 aliphatic heterocycles. The van der Waals surface area contributed by atoms with E-state index in [1.165, 1.54) is 17.7 Å². The molecule has 2 N–H and O–H groups in total. The van der Waals surface area contributed by atoms with Crippen LogP contribution in [0.4, 0.5) is 14.5 Å². The molecular weight excluding hydrogens is 461 g/mol. The molecule has 27 heavy (non-hydrogen) atoms. The highest BCUT2D eigenvalue weighted by Gasteiger charge is 2.25. The van der Waals surface area contributed by atoms with Crippen LogP contribution in [-0.2, 0) is 6.42 Å². The summed E-state index contributed by atoms with van der Waals surface area (Å²) in [6.07, 6.45) is 1.79. The summed E-state index contributed by atoms with van der Waals surface area (Å²) < 4.78 is 27.0. The van der Waals surface area contributed by atoms with Crippen LogP contribution in [0.2, 0.25) is 0 Å². The molecule has 0 aromatic heterocycles. The average Bonchev–Trinajstić information content (AvgIpc) is 3.10. The van der Waals surface area contributed by atoms with Crippen molar-refractivity contribution < 1.29 is 8.78 Å². The van der Waals surface area contributed by atoms with Gasteiger partial charge in [0.15, 0.2) is 5.96 Å². The second kappa shape index (κ2) is 10.4. The minimum absolute atomic E-state index is 0. The van der Waals surface area contributed by atoms with Gasteiger partial charge < -0.3 is 15.5 Å². The van der Waals surface area contributed by atoms with Crippen LogP contribution in [0.15, 0.2) is 53.5 Å². The minimum Gasteiger partial charge on any atom is -0.367 e. The van der Waals surface area contributed by atoms with E-state index >= 15 is 0 Å². The highest BCUT2D eigenvalue weighted by Crippen LogP contribution is 2.24. The van der Waals surface area contributed by atoms with E-state index < -0.39 is 11.6 Å². The van der Waals surface area contributed by atoms with Gasteiger partial charge in [0.25, 0.3) is 0 Å². The van der Waals surface area contributed by atoms with Crippen LogP contribution in [-0.4, -0.2) is 38.7 Å². The van der Waals surface area contributed by atoms with Crippen LogP contribution in [0.1, 0.15) is 12.0 Å². The number of aliphatic imine (C=N–C) groups is 1. The van der Waals surface area contributed by atoms with Crippen molar-refractivity contribution in [1.82, 2.24) is 10.6 Å². The molecule has 0 bridgehead atoms. The zero-order valence-corrected chi connectivity index (χ0v) is 17.6. The van der Waals surface area contributed by atoms with Crippen molar-refractivity contribution in [2.45, 2.75) is 18.9 Å². The fourth-order valence-corrected chi connectivity index (χ4v) is 3.19. The van der Waals surface area contributed by atoms with Crippen molar-refractivity contribution in [2.24, 2.45) is 4.99 Å². The van der Waals surface area contributed by atoms with Crippen LogP contribution >= 0.6 is 24.0 Å². The first-order valence-corrected chi connectivity index (χ1v) is 8.87. The molecule has 146 valence electrons. The number of nitrogens with zero attached hydrogens (tertiary/aromatic N) is 2. The number of benzene rings is 2. The standard InChI is InChI=1S/C20H24F2N4.HI/c1-23-20(24-11-9-15-5-3-2-4-6-15)25-17-10-12-26(14-17)19-8-7-16(21)13-18(19)22;/h2-8,13,17H,9-12,14H2,1H3,(H2,23,24,25);1H. The summed E-state index contributed by atoms with van der Waals surface area (Å²) in [6.45, 7) is 2.16. The molecule has 2 aromatic rings. The van der Waals surface area contributed by atoms with Gasteiger partial charge in [-0.15, -0.1) is 24.0 Å². The van der Waals surface area contributed by atoms with E-state index in [0.29, 0.717) is 12.2 Å². The average molecular weight is 486 g/mol. The van der Waals surface area contributed by atoms with E-state index in [4.69, 9.17) is 0 Å². The fraction of sp³-hybridized carbons (Fsp3) is 0.350. The Bertz CT molecular complexity index is 755. The smallest absolute Gasteiger partial charge is 0.191 e. The molecule has 0 spiro atoms. The monoisotopic (exact) mass is 486 g/mol. The second-order valence-corrected chi connectivity index (χ2v) is 6.41. The zero-order valence-electron chi connectivity index (χ0n) is 15.3. The van der Waals surface area contributed by atoms with Gasteiger partial charge in [0.1, 0.15) is 11.6 Å². The molecule has 0 amide bonds. The highest BCUT2D eigenvalue weighted by atomic mass is 127. The number of anilines is 1. The van der Waals surface area contributed by atoms with Crippen LogP contribution in [0.5, 0.6) is 0 Å². The number of guanidine groups is 1. The number of nitrogens with one attached hydrogen (secondary N) is 2. The molecule has 1 heterocycles. The van der Waals surface area contributed by atoms with E-state index in [9.17, 15) is 8.78 Å². The Morgan fingerprint density at radius 3 is 2.67 bits per heavy atom. The van der Waals surface area contributed by atoms with Gasteiger partial charge in [0.2, 0.25) is 0 Å². The summed E-state index contributed by atoms with van der Waals surface area (Å²) in [5, 5.41) is 6.70. The Morgan fingerprint density at radius 2 is 1.96 bits per heavy atom. The molecule has 7 heteroatoms. The molecule has 0 aliphatic carbocycles. The van der Waals surface area contributed by atoms with Crippen LogP contribution in [0.25, 0.3) is 0 Å². The van der Waals surface area contributed by atoms with E-state index in [1.54, 1.807) is 7.05 Å². The van der Waals surface area contributed by atoms with Crippen molar-refractivity contribution >= 4 is 35.6 Å². The molecule has 2 aromatic carbocycles. The Hall–Kier alpha value is -1.90. The molecule has 1 saturated heterocycles. The lowest BCUT2D eigenvalue weighted by Crippen LogP contribution is -2.45. The van der Waals surface area contributed by atoms with E-state index in [-0.39, 0.29) is 30.0 Å². The molecule has 1 fully saturated rings. The molecule has 0 saturated carbocycles. The third kappa shape index (κ3) is 6.05. The summed E-state index contributed by atoms with van der Waals surface area (Å²) in [6, 6.07) is 14.2. The maximum atomic E-state index is 13.9. The lowest BCUT2D eigenvalue weighted by molar-refractivity contribution is 0.580. The van der Waals surface area contributed by atoms with Gasteiger partial charge in [0.05, 0.1) is 5.69 Å². The molecule has 4 nitrogen and oxygen atoms in total. The Morgan fingerprint density at radius 1 is 1.19 bits per heavy atom. The topological polar surface area (TPSA) is 39.7 Å². The van der Waals surface area contributed by atoms with Crippen molar-refractivity contribution in [2.75, 3.05) is 31.6 Å². The summed E-state index contributed by atoms with van der Waals surface area (Å²) >= 11 is 0. The minimum atomic E-state index is -0.553. The van der Waals surface area contributed by atoms with E-state index in [1.807, 2.05) is 23.1 Å². The van der Waals surface area contributed by atoms with E-state index in [2.05, 4.69) is 27.8 Å². The van der Waals surface area contributed by atoms with Gasteiger partial charge in [-0.1, -0.05) is 30.3 Å². The summed E-state index contributed by atoms with van der Waals surface area (Å²) in [5.41, 5.74) is 1.72. The lowest BCUT2D eigenvalue weighted by atomic mass is 10.1. The third-order valence-corrected chi connectivity index (χ3v) is 4.55. The molecule has 1 atom stereocenters. The zero-order chi connectivity index (χ0) is 18.4. The molecular formula is C20H25F2IN4. The normalized spacial score (nSPS) is 16.8. The van der Waals surface area contributed by atoms with Gasteiger partial charge in [-0.2, -0.15) is 0 Å². The second-order valence-electron chi connectivity index (χ2n) is 6.41. The molecule has 1 unspecified atom stereocenters. The fourth-order valence-electron chi connectivity index (χ4n) is 3.19. The van der Waals surface area contributed by atoms with E-state index in [0.717, 1.165) is 38.0 Å². The van der Waals surface area contributed by atoms with Crippen LogP contribution < -0.4 is 15.5 Å². The van der Waals surface area contributed by atoms with Crippen LogP contribution in [0.3, 0.4) is 0 Å². The Balaban J connectivity index is 0.00000261. The van der Waals surface area contributed by atoms with Crippen molar-refractivity contribution in [3.63, 3.8) is 0 Å². The summed E-state index contributed by atoms with van der Waals surface area (Å²) in [5.74, 6) is -0.327. The van der Waals surface area contributed by atoms with Crippen LogP contribution in [0, 0.1) is 11.6 Å². The third-order valence-electron chi connectivity index (χ3n) is 4.55. The predicted molar refractivity (Wildman–Crippen MR) is 117 cm³/mol. The number of hydrogen-bond acceptors (Lipinski definition) is 2. The van der Waals surface area contributed by atoms with Gasteiger partial charge in [-0.05, 0) is 30.5 Å². The Kier molecular flexibility index (Phi) is 8.27. The molecule has 0 radical (unpaired) electrons. The lowest BCUT2D eigenvalue weighted by Gasteiger charge is -2.21. The van der Waals surface area contributed by atoms with Crippen molar-refractivity contribution in [3.8, 4) is 0 Å². The maximum absolute atomic E-state index is 13.9. The number of rotatable bonds is 5. The van der Waals surface area contributed by atoms with Gasteiger partial charge in [-0.25, -0.2) is 8.78 Å². The largest absolute Gasteiger partial charge is 0.367 e. The first-order chi connectivity index (χ1) is 12.7. The first-order valence-electron chi connectivity index (χ1n) is 8.87. The SMILES string of the molecule is CN=C(NCCc1ccccc1)NC1CCN(c2ccc(F)cc2F)C1.I. The summed E-state index contributed by atoms with van der Waals surface area (Å²) in [4.78, 5) is 6.20. The highest BCUT2D eigenvalue weighted by molar-refractivity contribution is 14.0. The Labute approximate surface area is 176 Å². The van der Waals surface area contributed by atoms with Gasteiger partial charge in [-0.3, -0.25) is 4.99 Å². The van der Waals surface area contributed by atoms with Crippen molar-refractivity contribution in [3.05, 3.63) is 65.7 Å².